The molecule has 5 aliphatic rings. The summed E-state index contributed by atoms with van der Waals surface area (Å²) >= 11 is 0. The lowest BCUT2D eigenvalue weighted by atomic mass is 9.63. The smallest absolute Gasteiger partial charge is 0.244 e. The monoisotopic (exact) mass is 403 g/mol. The van der Waals surface area contributed by atoms with E-state index in [1.165, 1.54) is 4.90 Å². The van der Waals surface area contributed by atoms with E-state index in [4.69, 9.17) is 4.74 Å². The number of nitrogens with zero attached hydrogens (tertiary/aromatic N) is 2. The minimum absolute atomic E-state index is 0.157. The molecule has 4 aliphatic carbocycles. The van der Waals surface area contributed by atoms with E-state index < -0.39 is 5.91 Å². The van der Waals surface area contributed by atoms with Crippen LogP contribution in [0.1, 0.15) is 6.42 Å². The molecule has 1 aliphatic heterocycles. The number of fused-ring (bicyclic) bond motifs is 1. The van der Waals surface area contributed by atoms with Crippen LogP contribution in [0.15, 0.2) is 42.6 Å². The van der Waals surface area contributed by atoms with Crippen molar-refractivity contribution in [1.29, 1.82) is 0 Å². The van der Waals surface area contributed by atoms with E-state index in [-0.39, 0.29) is 42.0 Å². The van der Waals surface area contributed by atoms with Crippen molar-refractivity contribution in [1.82, 2.24) is 9.88 Å². The number of methoxy groups -OCH3 is 1. The van der Waals surface area contributed by atoms with Crippen molar-refractivity contribution in [3.05, 3.63) is 42.6 Å². The van der Waals surface area contributed by atoms with E-state index in [0.29, 0.717) is 28.8 Å². The lowest BCUT2D eigenvalue weighted by molar-refractivity contribution is -0.142. The molecule has 7 heteroatoms. The highest BCUT2D eigenvalue weighted by Gasteiger charge is 2.67. The second-order valence-electron chi connectivity index (χ2n) is 8.68. The predicted molar refractivity (Wildman–Crippen MR) is 108 cm³/mol. The maximum Gasteiger partial charge on any atom is 0.244 e. The molecule has 1 saturated heterocycles. The number of nitrogens with one attached hydrogen (secondary N) is 1. The van der Waals surface area contributed by atoms with Gasteiger partial charge in [-0.05, 0) is 48.3 Å². The molecule has 7 rings (SSSR count). The minimum Gasteiger partial charge on any atom is -0.496 e. The van der Waals surface area contributed by atoms with Crippen molar-refractivity contribution in [2.45, 2.75) is 6.42 Å². The molecule has 0 unspecified atom stereocenters. The van der Waals surface area contributed by atoms with Gasteiger partial charge in [0.1, 0.15) is 12.3 Å². The number of imide groups is 1. The van der Waals surface area contributed by atoms with Crippen LogP contribution < -0.4 is 10.1 Å². The van der Waals surface area contributed by atoms with Crippen LogP contribution in [-0.2, 0) is 14.4 Å². The zero-order valence-corrected chi connectivity index (χ0v) is 16.4. The Kier molecular flexibility index (Phi) is 3.61. The van der Waals surface area contributed by atoms with Crippen LogP contribution in [0.5, 0.6) is 5.75 Å². The predicted octanol–water partition coefficient (Wildman–Crippen LogP) is 2.24. The van der Waals surface area contributed by atoms with Gasteiger partial charge in [0.2, 0.25) is 17.7 Å². The van der Waals surface area contributed by atoms with Gasteiger partial charge in [-0.25, -0.2) is 0 Å². The average Bonchev–Trinajstić information content (AvgIpc) is 3.54. The van der Waals surface area contributed by atoms with Gasteiger partial charge in [-0.15, -0.1) is 0 Å². The third-order valence-corrected chi connectivity index (χ3v) is 7.28. The zero-order chi connectivity index (χ0) is 20.6. The number of carbonyl (C=O) groups excluding carboxylic acids is 3. The van der Waals surface area contributed by atoms with Crippen molar-refractivity contribution in [3.8, 4) is 5.75 Å². The van der Waals surface area contributed by atoms with Crippen molar-refractivity contribution < 1.29 is 19.1 Å². The quantitative estimate of drug-likeness (QED) is 0.625. The van der Waals surface area contributed by atoms with Crippen LogP contribution >= 0.6 is 0 Å². The van der Waals surface area contributed by atoms with Crippen LogP contribution in [0.3, 0.4) is 0 Å². The molecule has 0 spiro atoms. The highest BCUT2D eigenvalue weighted by atomic mass is 16.5. The number of pyridine rings is 1. The number of hydrogen-bond acceptors (Lipinski definition) is 5. The topological polar surface area (TPSA) is 88.6 Å². The second-order valence-corrected chi connectivity index (χ2v) is 8.68. The molecule has 0 radical (unpaired) electrons. The normalized spacial score (nSPS) is 32.9. The first-order valence-electron chi connectivity index (χ1n) is 10.3. The number of para-hydroxylation sites is 1. The Morgan fingerprint density at radius 1 is 1.13 bits per heavy atom. The van der Waals surface area contributed by atoms with Crippen LogP contribution in [0.25, 0.3) is 10.9 Å². The molecule has 3 amide bonds. The molecular formula is C23H21N3O4. The summed E-state index contributed by atoms with van der Waals surface area (Å²) in [5.41, 5.74) is 1.12. The fourth-order valence-corrected chi connectivity index (χ4v) is 5.94. The van der Waals surface area contributed by atoms with Gasteiger partial charge >= 0.3 is 0 Å². The molecule has 3 fully saturated rings. The summed E-state index contributed by atoms with van der Waals surface area (Å²) < 4.78 is 5.36. The zero-order valence-electron chi connectivity index (χ0n) is 16.4. The van der Waals surface area contributed by atoms with Crippen LogP contribution in [-0.4, -0.2) is 41.3 Å². The Hall–Kier alpha value is -3.22. The fraction of sp³-hybridized carbons (Fsp3) is 0.391. The fourth-order valence-electron chi connectivity index (χ4n) is 5.94. The van der Waals surface area contributed by atoms with Gasteiger partial charge in [-0.2, -0.15) is 0 Å². The summed E-state index contributed by atoms with van der Waals surface area (Å²) in [6, 6.07) is 7.17. The summed E-state index contributed by atoms with van der Waals surface area (Å²) in [5, 5.41) is 3.60. The van der Waals surface area contributed by atoms with Crippen molar-refractivity contribution in [3.63, 3.8) is 0 Å². The van der Waals surface area contributed by atoms with Gasteiger partial charge in [-0.3, -0.25) is 24.3 Å². The Bertz CT molecular complexity index is 1110. The summed E-state index contributed by atoms with van der Waals surface area (Å²) in [5.74, 6) is 0.704. The van der Waals surface area contributed by atoms with E-state index in [2.05, 4.69) is 22.5 Å². The number of rotatable bonds is 4. The number of amides is 3. The molecule has 7 nitrogen and oxygen atoms in total. The third-order valence-electron chi connectivity index (χ3n) is 7.28. The molecule has 2 heterocycles. The van der Waals surface area contributed by atoms with Crippen molar-refractivity contribution >= 4 is 34.3 Å². The van der Waals surface area contributed by atoms with Crippen LogP contribution in [0.2, 0.25) is 0 Å². The standard InChI is InChI=1S/C23H21N3O4/c1-30-17-7-8-24-21-13(17)3-2-4-16(21)25-18(27)10-26-22(28)19-11-5-6-12(15-9-14(11)15)20(19)23(26)29/h2-8,11-12,14-15,19-20H,9-10H2,1H3,(H,25,27)/t11-,12-,14-,15-,19+,20+/m1/s1. The molecule has 2 bridgehead atoms. The van der Waals surface area contributed by atoms with Gasteiger partial charge in [0.25, 0.3) is 0 Å². The van der Waals surface area contributed by atoms with Gasteiger partial charge in [0, 0.05) is 11.6 Å². The number of allylic oxidation sites excluding steroid dienone is 2. The van der Waals surface area contributed by atoms with Gasteiger partial charge in [0.15, 0.2) is 0 Å². The van der Waals surface area contributed by atoms with E-state index in [0.717, 1.165) is 11.8 Å². The molecule has 2 saturated carbocycles. The lowest BCUT2D eigenvalue weighted by Gasteiger charge is -2.37. The molecule has 2 aromatic rings. The third kappa shape index (κ3) is 2.32. The summed E-state index contributed by atoms with van der Waals surface area (Å²) in [7, 11) is 1.58. The molecule has 152 valence electrons. The van der Waals surface area contributed by atoms with Crippen LogP contribution in [0, 0.1) is 35.5 Å². The number of anilines is 1. The summed E-state index contributed by atoms with van der Waals surface area (Å²) in [6.07, 6.45) is 6.99. The van der Waals surface area contributed by atoms with E-state index in [1.807, 2.05) is 6.07 Å². The lowest BCUT2D eigenvalue weighted by Crippen LogP contribution is -2.40. The SMILES string of the molecule is COc1ccnc2c(NC(=O)CN3C(=O)[C@H]4[C@@H]5C=C[C@H]([C@H]6C[C@H]56)[C@@H]4C3=O)cccc12. The summed E-state index contributed by atoms with van der Waals surface area (Å²) in [4.78, 5) is 44.4. The van der Waals surface area contributed by atoms with Crippen molar-refractivity contribution in [2.24, 2.45) is 35.5 Å². The maximum atomic E-state index is 13.1. The van der Waals surface area contributed by atoms with E-state index in [9.17, 15) is 14.4 Å². The molecule has 30 heavy (non-hydrogen) atoms. The highest BCUT2D eigenvalue weighted by Crippen LogP contribution is 2.65. The highest BCUT2D eigenvalue weighted by molar-refractivity contribution is 6.10. The number of ether oxygens (including phenoxy) is 1. The number of benzene rings is 1. The number of hydrogen-bond donors (Lipinski definition) is 1. The molecule has 1 aromatic heterocycles. The first-order valence-corrected chi connectivity index (χ1v) is 10.3. The number of carbonyl (C=O) groups is 3. The molecule has 1 N–H and O–H groups in total. The van der Waals surface area contributed by atoms with Gasteiger partial charge in [-0.1, -0.05) is 18.2 Å². The Balaban J connectivity index is 1.23. The maximum absolute atomic E-state index is 13.1. The Morgan fingerprint density at radius 2 is 1.83 bits per heavy atom. The molecular weight excluding hydrogens is 382 g/mol. The number of likely N-dealkylation sites (tertiary alicyclic amines) is 1. The van der Waals surface area contributed by atoms with Crippen LogP contribution in [0.4, 0.5) is 5.69 Å². The largest absolute Gasteiger partial charge is 0.496 e. The van der Waals surface area contributed by atoms with E-state index >= 15 is 0 Å². The Labute approximate surface area is 173 Å². The minimum atomic E-state index is -0.405. The van der Waals surface area contributed by atoms with E-state index in [1.54, 1.807) is 31.5 Å². The first-order chi connectivity index (χ1) is 14.6. The Morgan fingerprint density at radius 3 is 2.50 bits per heavy atom. The average molecular weight is 403 g/mol. The second kappa shape index (κ2) is 6.14. The molecule has 6 atom stereocenters. The number of aromatic nitrogens is 1. The van der Waals surface area contributed by atoms with Gasteiger partial charge < -0.3 is 10.1 Å². The summed E-state index contributed by atoms with van der Waals surface area (Å²) in [6.45, 7) is -0.264. The first kappa shape index (κ1) is 17.6. The van der Waals surface area contributed by atoms with Gasteiger partial charge in [0.05, 0.1) is 30.1 Å². The molecule has 1 aromatic carbocycles. The van der Waals surface area contributed by atoms with Crippen molar-refractivity contribution in [2.75, 3.05) is 19.0 Å².